The van der Waals surface area contributed by atoms with Gasteiger partial charge in [0.15, 0.2) is 0 Å². The monoisotopic (exact) mass is 166 g/mol. The van der Waals surface area contributed by atoms with E-state index in [1.807, 2.05) is 0 Å². The van der Waals surface area contributed by atoms with E-state index < -0.39 is 15.9 Å². The molecule has 1 saturated heterocycles. The Morgan fingerprint density at radius 1 is 1.00 bits per heavy atom. The number of halogens is 2. The highest BCUT2D eigenvalue weighted by atomic mass is 29.3. The summed E-state index contributed by atoms with van der Waals surface area (Å²) in [5, 5.41) is 0. The molecule has 0 spiro atoms. The fraction of sp³-hybridized carbons (Fsp3) is 1.00. The van der Waals surface area contributed by atoms with Gasteiger partial charge in [-0.05, 0) is 25.2 Å². The third-order valence-corrected chi connectivity index (χ3v) is 15.2. The van der Waals surface area contributed by atoms with Gasteiger partial charge in [0, 0.05) is 0 Å². The molecular weight excluding hydrogens is 154 g/mol. The Hall–Kier alpha value is 0.294. The zero-order chi connectivity index (χ0) is 7.12. The average Bonchev–Trinajstić information content (AvgIpc) is 1.81. The summed E-state index contributed by atoms with van der Waals surface area (Å²) in [6, 6.07) is 1.15. The largest absolute Gasteiger partial charge is 0.315 e. The number of rotatable bonds is 0. The molecule has 0 aromatic rings. The first-order valence-corrected chi connectivity index (χ1v) is 9.51. The number of hydrogen-bond donors (Lipinski definition) is 0. The normalized spacial score (nSPS) is 52.0. The smallest absolute Gasteiger partial charge is 0.267 e. The molecule has 1 rings (SSSR count). The van der Waals surface area contributed by atoms with Gasteiger partial charge in [0.2, 0.25) is 0 Å². The minimum absolute atomic E-state index is 0.576. The maximum absolute atomic E-state index is 13.2. The van der Waals surface area contributed by atoms with Crippen molar-refractivity contribution in [2.24, 2.45) is 0 Å². The Labute approximate surface area is 56.4 Å². The van der Waals surface area contributed by atoms with Gasteiger partial charge >= 0.3 is 0 Å². The lowest BCUT2D eigenvalue weighted by molar-refractivity contribution is 0.768. The first-order valence-electron chi connectivity index (χ1n) is 3.34. The first kappa shape index (κ1) is 7.40. The summed E-state index contributed by atoms with van der Waals surface area (Å²) in [5.41, 5.74) is 0. The number of hydrogen-bond acceptors (Lipinski definition) is 0. The van der Waals surface area contributed by atoms with E-state index in [0.29, 0.717) is 12.1 Å². The highest BCUT2D eigenvalue weighted by Crippen LogP contribution is 2.38. The van der Waals surface area contributed by atoms with Crippen LogP contribution in [-0.2, 0) is 0 Å². The molecule has 0 aromatic heterocycles. The van der Waals surface area contributed by atoms with Crippen LogP contribution in [0.25, 0.3) is 0 Å². The summed E-state index contributed by atoms with van der Waals surface area (Å²) in [6.45, 7) is 3.10. The summed E-state index contributed by atoms with van der Waals surface area (Å²) >= 11 is 0. The SMILES string of the molecule is C[Si]1(F)CCC[Si]1(C)F. The van der Waals surface area contributed by atoms with Gasteiger partial charge in [-0.2, -0.15) is 0 Å². The van der Waals surface area contributed by atoms with Gasteiger partial charge in [0.25, 0.3) is 15.9 Å². The maximum atomic E-state index is 13.2. The van der Waals surface area contributed by atoms with Crippen molar-refractivity contribution in [2.75, 3.05) is 0 Å². The quantitative estimate of drug-likeness (QED) is 0.383. The Kier molecular flexibility index (Phi) is 1.55. The van der Waals surface area contributed by atoms with Crippen molar-refractivity contribution in [1.82, 2.24) is 0 Å². The van der Waals surface area contributed by atoms with E-state index in [1.54, 1.807) is 13.1 Å². The van der Waals surface area contributed by atoms with E-state index in [0.717, 1.165) is 6.42 Å². The molecule has 0 saturated carbocycles. The fourth-order valence-electron chi connectivity index (χ4n) is 1.27. The van der Waals surface area contributed by atoms with Crippen LogP contribution < -0.4 is 0 Å². The lowest BCUT2D eigenvalue weighted by Gasteiger charge is -2.19. The van der Waals surface area contributed by atoms with E-state index in [2.05, 4.69) is 0 Å². The van der Waals surface area contributed by atoms with Crippen LogP contribution in [0.1, 0.15) is 6.42 Å². The second kappa shape index (κ2) is 1.89. The zero-order valence-corrected chi connectivity index (χ0v) is 7.88. The summed E-state index contributed by atoms with van der Waals surface area (Å²) in [5.74, 6) is 0. The van der Waals surface area contributed by atoms with Crippen molar-refractivity contribution in [1.29, 1.82) is 0 Å². The van der Waals surface area contributed by atoms with Crippen molar-refractivity contribution in [3.63, 3.8) is 0 Å². The van der Waals surface area contributed by atoms with E-state index in [-0.39, 0.29) is 0 Å². The maximum Gasteiger partial charge on any atom is 0.267 e. The molecular formula is C5H12F2Si2. The van der Waals surface area contributed by atoms with Gasteiger partial charge in [-0.1, -0.05) is 6.42 Å². The standard InChI is InChI=1S/C5H12F2Si2/c1-8(6)4-3-5-9(8,2)7/h3-5H2,1-2H3. The van der Waals surface area contributed by atoms with Crippen LogP contribution in [0.2, 0.25) is 25.2 Å². The van der Waals surface area contributed by atoms with Crippen LogP contribution in [-0.4, -0.2) is 15.9 Å². The molecule has 1 aliphatic heterocycles. The molecule has 0 bridgehead atoms. The highest BCUT2D eigenvalue weighted by Gasteiger charge is 2.56. The van der Waals surface area contributed by atoms with Crippen molar-refractivity contribution < 1.29 is 8.22 Å². The highest BCUT2D eigenvalue weighted by molar-refractivity contribution is 7.36. The molecule has 4 heteroatoms. The van der Waals surface area contributed by atoms with Crippen LogP contribution in [0, 0.1) is 0 Å². The third-order valence-electron chi connectivity index (χ3n) is 2.38. The minimum atomic E-state index is -2.80. The Bertz CT molecular complexity index is 108. The van der Waals surface area contributed by atoms with Crippen molar-refractivity contribution >= 4 is 15.9 Å². The summed E-state index contributed by atoms with van der Waals surface area (Å²) in [6.07, 6.45) is 0.804. The van der Waals surface area contributed by atoms with Gasteiger partial charge in [-0.25, -0.2) is 0 Å². The summed E-state index contributed by atoms with van der Waals surface area (Å²) in [7, 11) is -5.59. The molecule has 9 heavy (non-hydrogen) atoms. The first-order chi connectivity index (χ1) is 3.96. The Morgan fingerprint density at radius 3 is 1.44 bits per heavy atom. The lowest BCUT2D eigenvalue weighted by Crippen LogP contribution is -2.47. The van der Waals surface area contributed by atoms with Gasteiger partial charge in [-0.3, -0.25) is 0 Å². The van der Waals surface area contributed by atoms with Gasteiger partial charge in [0.05, 0.1) is 0 Å². The zero-order valence-electron chi connectivity index (χ0n) is 5.88. The van der Waals surface area contributed by atoms with E-state index in [9.17, 15) is 8.22 Å². The molecule has 2 unspecified atom stereocenters. The fourth-order valence-corrected chi connectivity index (χ4v) is 8.54. The summed E-state index contributed by atoms with van der Waals surface area (Å²) < 4.78 is 26.4. The third kappa shape index (κ3) is 1.10. The Balaban J connectivity index is 2.75. The van der Waals surface area contributed by atoms with Gasteiger partial charge < -0.3 is 8.22 Å². The molecule has 0 amide bonds. The molecule has 1 fully saturated rings. The van der Waals surface area contributed by atoms with Crippen LogP contribution in [0.4, 0.5) is 8.22 Å². The van der Waals surface area contributed by atoms with Crippen LogP contribution in [0.3, 0.4) is 0 Å². The predicted octanol–water partition coefficient (Wildman–Crippen LogP) is 2.56. The van der Waals surface area contributed by atoms with Crippen molar-refractivity contribution in [2.45, 2.75) is 31.6 Å². The summed E-state index contributed by atoms with van der Waals surface area (Å²) in [4.78, 5) is 0. The molecule has 1 heterocycles. The second-order valence-corrected chi connectivity index (χ2v) is 15.3. The van der Waals surface area contributed by atoms with Gasteiger partial charge in [-0.15, -0.1) is 0 Å². The van der Waals surface area contributed by atoms with E-state index >= 15 is 0 Å². The molecule has 0 nitrogen and oxygen atoms in total. The molecule has 1 aliphatic rings. The topological polar surface area (TPSA) is 0 Å². The molecule has 0 N–H and O–H groups in total. The van der Waals surface area contributed by atoms with Crippen LogP contribution >= 0.6 is 0 Å². The van der Waals surface area contributed by atoms with Crippen molar-refractivity contribution in [3.05, 3.63) is 0 Å². The predicted molar refractivity (Wildman–Crippen MR) is 39.7 cm³/mol. The van der Waals surface area contributed by atoms with E-state index in [4.69, 9.17) is 0 Å². The van der Waals surface area contributed by atoms with Crippen LogP contribution in [0.15, 0.2) is 0 Å². The lowest BCUT2D eigenvalue weighted by atomic mass is 10.6. The second-order valence-electron chi connectivity index (χ2n) is 3.25. The minimum Gasteiger partial charge on any atom is -0.315 e. The molecule has 0 aliphatic carbocycles. The average molecular weight is 166 g/mol. The Morgan fingerprint density at radius 2 is 1.33 bits per heavy atom. The molecule has 0 aromatic carbocycles. The molecule has 54 valence electrons. The van der Waals surface area contributed by atoms with E-state index in [1.165, 1.54) is 0 Å². The molecule has 2 atom stereocenters. The molecule has 0 radical (unpaired) electrons. The van der Waals surface area contributed by atoms with Crippen molar-refractivity contribution in [3.8, 4) is 0 Å². The van der Waals surface area contributed by atoms with Gasteiger partial charge in [0.1, 0.15) is 0 Å². The van der Waals surface area contributed by atoms with Crippen LogP contribution in [0.5, 0.6) is 0 Å².